The van der Waals surface area contributed by atoms with Crippen molar-refractivity contribution in [2.45, 2.75) is 19.8 Å². The Hall–Kier alpha value is -1.51. The highest BCUT2D eigenvalue weighted by molar-refractivity contribution is 5.70. The van der Waals surface area contributed by atoms with E-state index in [1.807, 2.05) is 0 Å². The lowest BCUT2D eigenvalue weighted by atomic mass is 10.1. The molecule has 0 atom stereocenters. The van der Waals surface area contributed by atoms with Gasteiger partial charge in [-0.3, -0.25) is 4.79 Å². The first kappa shape index (κ1) is 11.0. The molecule has 0 spiro atoms. The van der Waals surface area contributed by atoms with Gasteiger partial charge in [0.15, 0.2) is 0 Å². The fourth-order valence-electron chi connectivity index (χ4n) is 2.16. The molecule has 0 fully saturated rings. The van der Waals surface area contributed by atoms with E-state index in [0.717, 1.165) is 19.5 Å². The molecule has 86 valence electrons. The highest BCUT2D eigenvalue weighted by atomic mass is 16.5. The zero-order chi connectivity index (χ0) is 11.5. The van der Waals surface area contributed by atoms with Gasteiger partial charge in [-0.1, -0.05) is 17.7 Å². The van der Waals surface area contributed by atoms with Crippen LogP contribution in [0.2, 0.25) is 0 Å². The fourth-order valence-corrected chi connectivity index (χ4v) is 2.16. The number of hydrogen-bond acceptors (Lipinski definition) is 3. The summed E-state index contributed by atoms with van der Waals surface area (Å²) in [5.74, 6) is -0.138. The number of methoxy groups -OCH3 is 1. The Morgan fingerprint density at radius 1 is 1.50 bits per heavy atom. The van der Waals surface area contributed by atoms with Gasteiger partial charge in [-0.2, -0.15) is 0 Å². The average molecular weight is 219 g/mol. The van der Waals surface area contributed by atoms with E-state index < -0.39 is 0 Å². The summed E-state index contributed by atoms with van der Waals surface area (Å²) in [6.07, 6.45) is 1.54. The van der Waals surface area contributed by atoms with Crippen LogP contribution in [0.15, 0.2) is 18.2 Å². The molecule has 0 bridgehead atoms. The van der Waals surface area contributed by atoms with Crippen LogP contribution in [0.1, 0.15) is 17.5 Å². The molecule has 1 aromatic carbocycles. The van der Waals surface area contributed by atoms with E-state index in [1.54, 1.807) is 0 Å². The van der Waals surface area contributed by atoms with Gasteiger partial charge in [0.1, 0.15) is 0 Å². The zero-order valence-corrected chi connectivity index (χ0v) is 9.82. The van der Waals surface area contributed by atoms with Gasteiger partial charge in [0.2, 0.25) is 0 Å². The van der Waals surface area contributed by atoms with E-state index in [2.05, 4.69) is 34.8 Å². The SMILES string of the molecule is COC(=O)CCN1CCc2cc(C)ccc21. The normalized spacial score (nSPS) is 13.8. The molecule has 0 saturated heterocycles. The Morgan fingerprint density at radius 3 is 3.06 bits per heavy atom. The number of aryl methyl sites for hydroxylation is 1. The number of carbonyl (C=O) groups excluding carboxylic acids is 1. The largest absolute Gasteiger partial charge is 0.469 e. The number of anilines is 1. The molecule has 0 N–H and O–H groups in total. The zero-order valence-electron chi connectivity index (χ0n) is 9.82. The summed E-state index contributed by atoms with van der Waals surface area (Å²) < 4.78 is 4.65. The standard InChI is InChI=1S/C13H17NO2/c1-10-3-4-12-11(9-10)5-7-14(12)8-6-13(15)16-2/h3-4,9H,5-8H2,1-2H3. The highest BCUT2D eigenvalue weighted by Crippen LogP contribution is 2.28. The van der Waals surface area contributed by atoms with Gasteiger partial charge in [-0.15, -0.1) is 0 Å². The van der Waals surface area contributed by atoms with Crippen molar-refractivity contribution in [3.63, 3.8) is 0 Å². The van der Waals surface area contributed by atoms with E-state index >= 15 is 0 Å². The van der Waals surface area contributed by atoms with Crippen LogP contribution in [0.4, 0.5) is 5.69 Å². The number of hydrogen-bond donors (Lipinski definition) is 0. The van der Waals surface area contributed by atoms with E-state index in [-0.39, 0.29) is 5.97 Å². The van der Waals surface area contributed by atoms with E-state index in [9.17, 15) is 4.79 Å². The van der Waals surface area contributed by atoms with E-state index in [0.29, 0.717) is 6.42 Å². The van der Waals surface area contributed by atoms with E-state index in [1.165, 1.54) is 23.9 Å². The molecule has 1 aliphatic heterocycles. The topological polar surface area (TPSA) is 29.5 Å². The van der Waals surface area contributed by atoms with Gasteiger partial charge in [-0.25, -0.2) is 0 Å². The lowest BCUT2D eigenvalue weighted by Crippen LogP contribution is -2.24. The van der Waals surface area contributed by atoms with Crippen LogP contribution in [-0.2, 0) is 16.0 Å². The monoisotopic (exact) mass is 219 g/mol. The van der Waals surface area contributed by atoms with Gasteiger partial charge in [0.05, 0.1) is 13.5 Å². The second-order valence-corrected chi connectivity index (χ2v) is 4.20. The Bertz CT molecular complexity index is 401. The molecule has 1 aromatic rings. The molecule has 3 nitrogen and oxygen atoms in total. The highest BCUT2D eigenvalue weighted by Gasteiger charge is 2.19. The van der Waals surface area contributed by atoms with Crippen molar-refractivity contribution in [3.05, 3.63) is 29.3 Å². The summed E-state index contributed by atoms with van der Waals surface area (Å²) in [4.78, 5) is 13.3. The van der Waals surface area contributed by atoms with Crippen LogP contribution in [-0.4, -0.2) is 26.2 Å². The molecule has 0 radical (unpaired) electrons. The van der Waals surface area contributed by atoms with Crippen molar-refractivity contribution >= 4 is 11.7 Å². The molecular weight excluding hydrogens is 202 g/mol. The first-order valence-corrected chi connectivity index (χ1v) is 5.62. The maximum atomic E-state index is 11.1. The number of carbonyl (C=O) groups is 1. The minimum atomic E-state index is -0.138. The molecule has 1 aliphatic rings. The minimum absolute atomic E-state index is 0.138. The van der Waals surface area contributed by atoms with Crippen molar-refractivity contribution in [2.24, 2.45) is 0 Å². The molecule has 0 amide bonds. The van der Waals surface area contributed by atoms with Crippen LogP contribution in [0.3, 0.4) is 0 Å². The minimum Gasteiger partial charge on any atom is -0.469 e. The van der Waals surface area contributed by atoms with Crippen LogP contribution in [0, 0.1) is 6.92 Å². The third-order valence-corrected chi connectivity index (χ3v) is 3.04. The maximum Gasteiger partial charge on any atom is 0.307 e. The number of benzene rings is 1. The first-order chi connectivity index (χ1) is 7.70. The van der Waals surface area contributed by atoms with Crippen molar-refractivity contribution in [2.75, 3.05) is 25.1 Å². The van der Waals surface area contributed by atoms with Crippen LogP contribution in [0.25, 0.3) is 0 Å². The van der Waals surface area contributed by atoms with Gasteiger partial charge in [0, 0.05) is 18.8 Å². The Kier molecular flexibility index (Phi) is 3.13. The molecule has 0 aromatic heterocycles. The lowest BCUT2D eigenvalue weighted by molar-refractivity contribution is -0.140. The molecule has 16 heavy (non-hydrogen) atoms. The predicted octanol–water partition coefficient (Wildman–Crippen LogP) is 1.92. The second kappa shape index (κ2) is 4.56. The summed E-state index contributed by atoms with van der Waals surface area (Å²) in [7, 11) is 1.43. The molecule has 0 unspecified atom stereocenters. The molecule has 0 saturated carbocycles. The van der Waals surface area contributed by atoms with Crippen LogP contribution < -0.4 is 4.90 Å². The number of esters is 1. The van der Waals surface area contributed by atoms with Gasteiger partial charge in [0.25, 0.3) is 0 Å². The quantitative estimate of drug-likeness (QED) is 0.727. The lowest BCUT2D eigenvalue weighted by Gasteiger charge is -2.18. The van der Waals surface area contributed by atoms with Crippen molar-refractivity contribution in [1.82, 2.24) is 0 Å². The Balaban J connectivity index is 2.03. The van der Waals surface area contributed by atoms with E-state index in [4.69, 9.17) is 0 Å². The smallest absolute Gasteiger partial charge is 0.307 e. The second-order valence-electron chi connectivity index (χ2n) is 4.20. The van der Waals surface area contributed by atoms with Gasteiger partial charge >= 0.3 is 5.97 Å². The fraction of sp³-hybridized carbons (Fsp3) is 0.462. The van der Waals surface area contributed by atoms with Gasteiger partial charge < -0.3 is 9.64 Å². The summed E-state index contributed by atoms with van der Waals surface area (Å²) in [5.41, 5.74) is 3.97. The number of nitrogens with zero attached hydrogens (tertiary/aromatic N) is 1. The van der Waals surface area contributed by atoms with Crippen molar-refractivity contribution in [1.29, 1.82) is 0 Å². The molecule has 1 heterocycles. The summed E-state index contributed by atoms with van der Waals surface area (Å²) in [5, 5.41) is 0. The summed E-state index contributed by atoms with van der Waals surface area (Å²) >= 11 is 0. The molecule has 0 aliphatic carbocycles. The first-order valence-electron chi connectivity index (χ1n) is 5.62. The van der Waals surface area contributed by atoms with Crippen molar-refractivity contribution < 1.29 is 9.53 Å². The Morgan fingerprint density at radius 2 is 2.31 bits per heavy atom. The molecule has 3 heteroatoms. The van der Waals surface area contributed by atoms with Crippen LogP contribution in [0.5, 0.6) is 0 Å². The summed E-state index contributed by atoms with van der Waals surface area (Å²) in [6.45, 7) is 3.87. The molecular formula is C13H17NO2. The average Bonchev–Trinajstić information content (AvgIpc) is 2.68. The predicted molar refractivity (Wildman–Crippen MR) is 63.7 cm³/mol. The maximum absolute atomic E-state index is 11.1. The molecule has 2 rings (SSSR count). The number of fused-ring (bicyclic) bond motifs is 1. The third kappa shape index (κ3) is 2.18. The van der Waals surface area contributed by atoms with Gasteiger partial charge in [-0.05, 0) is 25.0 Å². The van der Waals surface area contributed by atoms with Crippen LogP contribution >= 0.6 is 0 Å². The Labute approximate surface area is 96.0 Å². The third-order valence-electron chi connectivity index (χ3n) is 3.04. The number of ether oxygens (including phenoxy) is 1. The van der Waals surface area contributed by atoms with Crippen molar-refractivity contribution in [3.8, 4) is 0 Å². The summed E-state index contributed by atoms with van der Waals surface area (Å²) in [6, 6.07) is 6.50. The number of rotatable bonds is 3.